The number of hydrogen-bond acceptors (Lipinski definition) is 3. The molecule has 3 nitrogen and oxygen atoms in total. The zero-order valence-corrected chi connectivity index (χ0v) is 10.2. The maximum Gasteiger partial charge on any atom is 0.348 e. The van der Waals surface area contributed by atoms with Crippen LogP contribution in [-0.2, 0) is 9.53 Å². The number of ether oxygens (including phenoxy) is 1. The van der Waals surface area contributed by atoms with Gasteiger partial charge >= 0.3 is 5.97 Å². The third-order valence-corrected chi connectivity index (χ3v) is 3.64. The van der Waals surface area contributed by atoms with Crippen LogP contribution in [0.25, 0.3) is 0 Å². The molecule has 0 N–H and O–H groups in total. The smallest absolute Gasteiger partial charge is 0.348 e. The lowest BCUT2D eigenvalue weighted by molar-refractivity contribution is -0.138. The third kappa shape index (κ3) is 6.69. The Hall–Kier alpha value is -0.793. The van der Waals surface area contributed by atoms with E-state index in [4.69, 9.17) is 21.1 Å². The lowest BCUT2D eigenvalue weighted by Gasteiger charge is -2.11. The largest absolute Gasteiger partial charge is 0.462 e. The summed E-state index contributed by atoms with van der Waals surface area (Å²) in [6, 6.07) is 2.53. The average Bonchev–Trinajstić information content (AvgIpc) is 2.09. The Morgan fingerprint density at radius 1 is 1.64 bits per heavy atom. The third-order valence-electron chi connectivity index (χ3n) is 1.53. The normalized spacial score (nSPS) is 10.4. The molecule has 0 aromatic carbocycles. The van der Waals surface area contributed by atoms with Gasteiger partial charge < -0.3 is 4.74 Å². The summed E-state index contributed by atoms with van der Waals surface area (Å²) in [5, 5.41) is 8.33. The number of carbonyl (C=O) groups is 1. The summed E-state index contributed by atoms with van der Waals surface area (Å²) in [6.45, 7) is 7.62. The van der Waals surface area contributed by atoms with Crippen LogP contribution in [0.5, 0.6) is 0 Å². The Balaban J connectivity index is 3.62. The van der Waals surface area contributed by atoms with Gasteiger partial charge in [-0.1, -0.05) is 19.7 Å². The number of esters is 1. The summed E-state index contributed by atoms with van der Waals surface area (Å²) in [7, 11) is -1.57. The van der Waals surface area contributed by atoms with Gasteiger partial charge in [0.05, 0.1) is 6.61 Å². The van der Waals surface area contributed by atoms with E-state index in [0.29, 0.717) is 6.61 Å². The molecule has 0 aromatic heterocycles. The van der Waals surface area contributed by atoms with E-state index < -0.39 is 13.4 Å². The van der Waals surface area contributed by atoms with Gasteiger partial charge in [0, 0.05) is 0 Å². The van der Waals surface area contributed by atoms with Crippen molar-refractivity contribution in [2.24, 2.45) is 0 Å². The predicted octanol–water partition coefficient (Wildman–Crippen LogP) is 2.44. The van der Waals surface area contributed by atoms with Crippen LogP contribution >= 0.6 is 11.1 Å². The Bertz CT molecular complexity index is 265. The molecule has 0 atom stereocenters. The molecule has 0 bridgehead atoms. The van der Waals surface area contributed by atoms with Gasteiger partial charge in [0.25, 0.3) is 0 Å². The van der Waals surface area contributed by atoms with E-state index in [0.717, 1.165) is 12.5 Å². The molecule has 0 saturated heterocycles. The number of nitrogens with zero attached hydrogens (tertiary/aromatic N) is 1. The maximum atomic E-state index is 10.9. The predicted molar refractivity (Wildman–Crippen MR) is 58.5 cm³/mol. The van der Waals surface area contributed by atoms with Crippen molar-refractivity contribution in [3.8, 4) is 6.07 Å². The molecule has 0 aliphatic rings. The number of hydrogen-bond donors (Lipinski definition) is 0. The first kappa shape index (κ1) is 13.2. The molecule has 0 fully saturated rings. The zero-order chi connectivity index (χ0) is 11.2. The number of rotatable bonds is 5. The molecule has 0 aliphatic carbocycles. The molecule has 0 rings (SSSR count). The number of carbonyl (C=O) groups excluding carboxylic acids is 1. The van der Waals surface area contributed by atoms with Gasteiger partial charge in [-0.3, -0.25) is 0 Å². The minimum absolute atomic E-state index is 0.160. The summed E-state index contributed by atoms with van der Waals surface area (Å²) >= 11 is 6.07. The molecule has 0 radical (unpaired) electrons. The Morgan fingerprint density at radius 2 is 2.21 bits per heavy atom. The van der Waals surface area contributed by atoms with Crippen molar-refractivity contribution >= 4 is 24.4 Å². The lowest BCUT2D eigenvalue weighted by Crippen LogP contribution is -2.17. The number of nitriles is 1. The lowest BCUT2D eigenvalue weighted by atomic mass is 10.3. The van der Waals surface area contributed by atoms with E-state index in [9.17, 15) is 4.79 Å². The van der Waals surface area contributed by atoms with Crippen molar-refractivity contribution < 1.29 is 9.53 Å². The summed E-state index contributed by atoms with van der Waals surface area (Å²) in [6.07, 6.45) is 0.743. The fourth-order valence-corrected chi connectivity index (χ4v) is 2.18. The second-order valence-corrected chi connectivity index (χ2v) is 10.6. The van der Waals surface area contributed by atoms with E-state index >= 15 is 0 Å². The topological polar surface area (TPSA) is 50.1 Å². The molecule has 0 spiro atoms. The van der Waals surface area contributed by atoms with E-state index in [1.807, 2.05) is 13.1 Å². The van der Waals surface area contributed by atoms with Crippen molar-refractivity contribution in [2.45, 2.75) is 25.6 Å². The molecule has 0 aliphatic heterocycles. The van der Waals surface area contributed by atoms with E-state index in [1.54, 1.807) is 6.07 Å². The highest BCUT2D eigenvalue weighted by Gasteiger charge is 2.16. The SMILES string of the molecule is C=C(C#N)C(=O)OCCC[Si](C)(C)Cl. The van der Waals surface area contributed by atoms with Crippen LogP contribution in [0.4, 0.5) is 0 Å². The number of halogens is 1. The van der Waals surface area contributed by atoms with Crippen molar-refractivity contribution in [1.82, 2.24) is 0 Å². The first-order valence-electron chi connectivity index (χ1n) is 4.32. The average molecular weight is 232 g/mol. The van der Waals surface area contributed by atoms with Crippen molar-refractivity contribution in [3.63, 3.8) is 0 Å². The zero-order valence-electron chi connectivity index (χ0n) is 8.47. The van der Waals surface area contributed by atoms with Gasteiger partial charge in [-0.25, -0.2) is 4.79 Å². The quantitative estimate of drug-likeness (QED) is 0.182. The van der Waals surface area contributed by atoms with Gasteiger partial charge in [0.1, 0.15) is 11.6 Å². The standard InChI is InChI=1S/C9H14ClNO2Si/c1-8(7-11)9(12)13-5-4-6-14(2,3)10/h1,4-6H2,2-3H3. The van der Waals surface area contributed by atoms with Crippen molar-refractivity contribution in [1.29, 1.82) is 5.26 Å². The minimum atomic E-state index is -1.57. The Labute approximate surface area is 90.0 Å². The summed E-state index contributed by atoms with van der Waals surface area (Å²) in [5.41, 5.74) is -0.160. The van der Waals surface area contributed by atoms with E-state index in [1.165, 1.54) is 0 Å². The van der Waals surface area contributed by atoms with Gasteiger partial charge in [-0.15, -0.1) is 0 Å². The Morgan fingerprint density at radius 3 is 2.64 bits per heavy atom. The second-order valence-electron chi connectivity index (χ2n) is 3.55. The first-order valence-corrected chi connectivity index (χ1v) is 8.54. The molecule has 5 heteroatoms. The molecule has 0 aromatic rings. The highest BCUT2D eigenvalue weighted by Crippen LogP contribution is 2.16. The van der Waals surface area contributed by atoms with Crippen LogP contribution in [0, 0.1) is 11.3 Å². The van der Waals surface area contributed by atoms with Crippen LogP contribution in [0.2, 0.25) is 19.1 Å². The molecular formula is C9H14ClNO2Si. The van der Waals surface area contributed by atoms with Crippen molar-refractivity contribution in [2.75, 3.05) is 6.61 Å². The molecule has 14 heavy (non-hydrogen) atoms. The molecule has 0 amide bonds. The maximum absolute atomic E-state index is 10.9. The Kier molecular flexibility index (Phi) is 5.51. The van der Waals surface area contributed by atoms with E-state index in [-0.39, 0.29) is 5.57 Å². The monoisotopic (exact) mass is 231 g/mol. The highest BCUT2D eigenvalue weighted by atomic mass is 35.6. The minimum Gasteiger partial charge on any atom is -0.462 e. The van der Waals surface area contributed by atoms with Crippen LogP contribution < -0.4 is 0 Å². The van der Waals surface area contributed by atoms with Gasteiger partial charge in [-0.05, 0) is 12.5 Å². The van der Waals surface area contributed by atoms with E-state index in [2.05, 4.69) is 6.58 Å². The van der Waals surface area contributed by atoms with Gasteiger partial charge in [-0.2, -0.15) is 16.3 Å². The fraction of sp³-hybridized carbons (Fsp3) is 0.556. The second kappa shape index (κ2) is 5.84. The summed E-state index contributed by atoms with van der Waals surface area (Å²) < 4.78 is 4.79. The van der Waals surface area contributed by atoms with Gasteiger partial charge in [0.15, 0.2) is 7.38 Å². The summed E-state index contributed by atoms with van der Waals surface area (Å²) in [4.78, 5) is 10.9. The molecule has 0 heterocycles. The molecule has 78 valence electrons. The van der Waals surface area contributed by atoms with Crippen LogP contribution in [0.3, 0.4) is 0 Å². The van der Waals surface area contributed by atoms with Crippen LogP contribution in [-0.4, -0.2) is 20.0 Å². The molecular weight excluding hydrogens is 218 g/mol. The van der Waals surface area contributed by atoms with Crippen LogP contribution in [0.1, 0.15) is 6.42 Å². The highest BCUT2D eigenvalue weighted by molar-refractivity contribution is 7.19. The molecule has 0 unspecified atom stereocenters. The van der Waals surface area contributed by atoms with Crippen molar-refractivity contribution in [3.05, 3.63) is 12.2 Å². The first-order chi connectivity index (χ1) is 6.37. The van der Waals surface area contributed by atoms with Gasteiger partial charge in [0.2, 0.25) is 0 Å². The summed E-state index contributed by atoms with van der Waals surface area (Å²) in [5.74, 6) is -0.637. The molecule has 0 saturated carbocycles. The van der Waals surface area contributed by atoms with Crippen LogP contribution in [0.15, 0.2) is 12.2 Å². The fourth-order valence-electron chi connectivity index (χ4n) is 0.790.